The summed E-state index contributed by atoms with van der Waals surface area (Å²) in [6, 6.07) is 5.91. The van der Waals surface area contributed by atoms with Crippen molar-refractivity contribution in [3.8, 4) is 5.75 Å². The maximum Gasteiger partial charge on any atom is 0.315 e. The van der Waals surface area contributed by atoms with E-state index >= 15 is 0 Å². The molecular formula is C38H51N5O5. The number of pyridine rings is 1. The quantitative estimate of drug-likeness (QED) is 0.122. The van der Waals surface area contributed by atoms with Gasteiger partial charge < -0.3 is 14.2 Å². The predicted octanol–water partition coefficient (Wildman–Crippen LogP) is 6.99. The highest BCUT2D eigenvalue weighted by Crippen LogP contribution is 2.44. The average Bonchev–Trinajstić information content (AvgIpc) is 3.31. The minimum absolute atomic E-state index is 0.103. The van der Waals surface area contributed by atoms with E-state index in [1.807, 2.05) is 58.3 Å². The summed E-state index contributed by atoms with van der Waals surface area (Å²) in [4.78, 5) is 32.7. The molecule has 3 heterocycles. The lowest BCUT2D eigenvalue weighted by Crippen LogP contribution is -2.35. The van der Waals surface area contributed by atoms with Crippen molar-refractivity contribution in [2.75, 3.05) is 19.9 Å². The molecule has 0 radical (unpaired) electrons. The van der Waals surface area contributed by atoms with E-state index in [0.717, 1.165) is 70.7 Å². The van der Waals surface area contributed by atoms with E-state index in [-0.39, 0.29) is 6.10 Å². The van der Waals surface area contributed by atoms with Gasteiger partial charge in [-0.3, -0.25) is 19.5 Å². The number of carbonyl (C=O) groups is 2. The smallest absolute Gasteiger partial charge is 0.315 e. The number of allylic oxidation sites excluding steroid dienone is 4. The Morgan fingerprint density at radius 3 is 2.50 bits per heavy atom. The molecule has 10 nitrogen and oxygen atoms in total. The zero-order valence-corrected chi connectivity index (χ0v) is 30.2. The van der Waals surface area contributed by atoms with Gasteiger partial charge in [0.15, 0.2) is 0 Å². The number of rotatable bonds is 11. The van der Waals surface area contributed by atoms with Gasteiger partial charge in [-0.05, 0) is 90.6 Å². The van der Waals surface area contributed by atoms with Crippen molar-refractivity contribution in [2.24, 2.45) is 17.9 Å². The van der Waals surface area contributed by atoms with Gasteiger partial charge in [0.05, 0.1) is 16.3 Å². The Balaban J connectivity index is 1.61. The first-order valence-electron chi connectivity index (χ1n) is 16.5. The maximum atomic E-state index is 13.7. The van der Waals surface area contributed by atoms with Crippen LogP contribution in [0, 0.1) is 17.8 Å². The second-order valence-electron chi connectivity index (χ2n) is 14.4. The van der Waals surface area contributed by atoms with Gasteiger partial charge in [-0.15, -0.1) is 5.10 Å². The van der Waals surface area contributed by atoms with Crippen molar-refractivity contribution in [1.82, 2.24) is 24.9 Å². The van der Waals surface area contributed by atoms with E-state index in [1.165, 1.54) is 5.57 Å². The fourth-order valence-corrected chi connectivity index (χ4v) is 5.99. The monoisotopic (exact) mass is 657 g/mol. The van der Waals surface area contributed by atoms with Gasteiger partial charge in [-0.1, -0.05) is 48.1 Å². The second kappa shape index (κ2) is 14.8. The lowest BCUT2D eigenvalue weighted by Gasteiger charge is -2.34. The molecule has 2 atom stereocenters. The minimum Gasteiger partial charge on any atom is -0.489 e. The van der Waals surface area contributed by atoms with Crippen molar-refractivity contribution >= 4 is 23.0 Å². The lowest BCUT2D eigenvalue weighted by molar-refractivity contribution is -0.178. The topological polar surface area (TPSA) is 109 Å². The zero-order chi connectivity index (χ0) is 35.4. The van der Waals surface area contributed by atoms with Crippen molar-refractivity contribution in [2.45, 2.75) is 87.3 Å². The molecule has 2 aromatic heterocycles. The summed E-state index contributed by atoms with van der Waals surface area (Å²) in [5.41, 5.74) is 5.81. The SMILES string of the molecule is C=C(/C=C\C(C)=C(/C)CN1Cc2cnccc2O[C@H](CC)C1)[C@@H](c1ccc2c(nnn2C)c1C)C(C)(C)C(=O)OCOC(=O)C(C)(C)C. The van der Waals surface area contributed by atoms with E-state index in [2.05, 4.69) is 53.6 Å². The molecule has 0 saturated carbocycles. The molecule has 1 aliphatic rings. The third-order valence-corrected chi connectivity index (χ3v) is 9.15. The Morgan fingerprint density at radius 1 is 1.10 bits per heavy atom. The number of carbonyl (C=O) groups excluding carboxylic acids is 2. The van der Waals surface area contributed by atoms with Crippen LogP contribution in [-0.2, 0) is 32.7 Å². The maximum absolute atomic E-state index is 13.7. The van der Waals surface area contributed by atoms with Crippen molar-refractivity contribution in [1.29, 1.82) is 0 Å². The number of hydrogen-bond acceptors (Lipinski definition) is 9. The van der Waals surface area contributed by atoms with Gasteiger partial charge in [-0.2, -0.15) is 0 Å². The highest BCUT2D eigenvalue weighted by molar-refractivity contribution is 5.82. The molecule has 0 fully saturated rings. The van der Waals surface area contributed by atoms with Crippen LogP contribution in [-0.4, -0.2) is 62.8 Å². The van der Waals surface area contributed by atoms with Gasteiger partial charge in [0.1, 0.15) is 17.4 Å². The van der Waals surface area contributed by atoms with E-state index < -0.39 is 35.5 Å². The van der Waals surface area contributed by atoms with Crippen molar-refractivity contribution < 1.29 is 23.8 Å². The Morgan fingerprint density at radius 2 is 1.81 bits per heavy atom. The normalized spacial score (nSPS) is 16.9. The molecule has 0 bridgehead atoms. The molecule has 4 rings (SSSR count). The molecule has 1 aromatic carbocycles. The Bertz CT molecular complexity index is 1730. The summed E-state index contributed by atoms with van der Waals surface area (Å²) in [5.74, 6) is -0.522. The van der Waals surface area contributed by atoms with Crippen molar-refractivity contribution in [3.05, 3.63) is 82.7 Å². The van der Waals surface area contributed by atoms with Crippen LogP contribution in [0.5, 0.6) is 5.75 Å². The highest BCUT2D eigenvalue weighted by Gasteiger charge is 2.41. The number of benzene rings is 1. The Kier molecular flexibility index (Phi) is 11.3. The number of ether oxygens (including phenoxy) is 3. The third kappa shape index (κ3) is 8.21. The van der Waals surface area contributed by atoms with Crippen LogP contribution in [0.3, 0.4) is 0 Å². The third-order valence-electron chi connectivity index (χ3n) is 9.15. The molecule has 0 N–H and O–H groups in total. The van der Waals surface area contributed by atoms with E-state index in [1.54, 1.807) is 31.6 Å². The summed E-state index contributed by atoms with van der Waals surface area (Å²) in [6.45, 7) is 23.6. The number of fused-ring (bicyclic) bond motifs is 2. The zero-order valence-electron chi connectivity index (χ0n) is 30.2. The minimum atomic E-state index is -1.08. The molecule has 48 heavy (non-hydrogen) atoms. The first-order chi connectivity index (χ1) is 22.5. The van der Waals surface area contributed by atoms with Gasteiger partial charge in [0.25, 0.3) is 0 Å². The fraction of sp³-hybridized carbons (Fsp3) is 0.500. The van der Waals surface area contributed by atoms with Crippen LogP contribution < -0.4 is 4.74 Å². The van der Waals surface area contributed by atoms with Gasteiger partial charge in [0.2, 0.25) is 6.79 Å². The number of nitrogens with zero attached hydrogens (tertiary/aromatic N) is 5. The van der Waals surface area contributed by atoms with Crippen LogP contribution in [0.4, 0.5) is 0 Å². The van der Waals surface area contributed by atoms with Crippen LogP contribution in [0.2, 0.25) is 0 Å². The van der Waals surface area contributed by atoms with Crippen molar-refractivity contribution in [3.63, 3.8) is 0 Å². The summed E-state index contributed by atoms with van der Waals surface area (Å²) >= 11 is 0. The fourth-order valence-electron chi connectivity index (χ4n) is 5.99. The molecular weight excluding hydrogens is 606 g/mol. The molecule has 1 aliphatic heterocycles. The molecule has 0 saturated heterocycles. The van der Waals surface area contributed by atoms with Gasteiger partial charge >= 0.3 is 11.9 Å². The Labute approximate surface area is 284 Å². The van der Waals surface area contributed by atoms with E-state index in [4.69, 9.17) is 14.2 Å². The van der Waals surface area contributed by atoms with Crippen LogP contribution >= 0.6 is 0 Å². The summed E-state index contributed by atoms with van der Waals surface area (Å²) in [5, 5.41) is 8.59. The van der Waals surface area contributed by atoms with Gasteiger partial charge in [0, 0.05) is 50.6 Å². The largest absolute Gasteiger partial charge is 0.489 e. The molecule has 0 amide bonds. The number of hydrogen-bond donors (Lipinski definition) is 0. The Hall–Kier alpha value is -4.31. The second-order valence-corrected chi connectivity index (χ2v) is 14.4. The molecule has 0 spiro atoms. The predicted molar refractivity (Wildman–Crippen MR) is 187 cm³/mol. The summed E-state index contributed by atoms with van der Waals surface area (Å²) < 4.78 is 18.8. The van der Waals surface area contributed by atoms with E-state index in [9.17, 15) is 9.59 Å². The number of esters is 2. The van der Waals surface area contributed by atoms with Crippen LogP contribution in [0.15, 0.2) is 66.0 Å². The average molecular weight is 658 g/mol. The number of aromatic nitrogens is 4. The first kappa shape index (κ1) is 36.5. The molecule has 258 valence electrons. The van der Waals surface area contributed by atoms with Gasteiger partial charge in [-0.25, -0.2) is 4.68 Å². The standard InChI is InChI=1S/C38H51N5O5/c1-12-29-22-43(21-28-19-39-18-17-32(28)48-29)20-26(4)24(2)13-14-25(3)33(30-15-16-31-34(27(30)5)40-41-42(31)11)38(9,10)36(45)47-23-46-35(44)37(6,7)8/h13-19,29,33H,3,12,20-23H2,1-2,4-11H3/b14-13-,26-24+/t29-,33+/m1/s1. The molecule has 0 unspecified atom stereocenters. The molecule has 3 aromatic rings. The highest BCUT2D eigenvalue weighted by atomic mass is 16.7. The van der Waals surface area contributed by atoms with Crippen LogP contribution in [0.25, 0.3) is 11.0 Å². The molecule has 0 aliphatic carbocycles. The van der Waals surface area contributed by atoms with E-state index in [0.29, 0.717) is 0 Å². The number of aryl methyl sites for hydroxylation is 2. The lowest BCUT2D eigenvalue weighted by atomic mass is 9.70. The van der Waals surface area contributed by atoms with Crippen LogP contribution in [0.1, 0.15) is 84.4 Å². The summed E-state index contributed by atoms with van der Waals surface area (Å²) in [6.07, 6.45) is 8.73. The summed E-state index contributed by atoms with van der Waals surface area (Å²) in [7, 11) is 1.85. The molecule has 10 heteroatoms. The first-order valence-corrected chi connectivity index (χ1v) is 16.5.